The molecule has 4 nitrogen and oxygen atoms in total. The lowest BCUT2D eigenvalue weighted by Gasteiger charge is -2.16. The molecule has 1 saturated heterocycles. The second-order valence-corrected chi connectivity index (χ2v) is 7.20. The summed E-state index contributed by atoms with van der Waals surface area (Å²) in [5.74, 6) is 0.466. The van der Waals surface area contributed by atoms with E-state index in [1.54, 1.807) is 28.6 Å². The van der Waals surface area contributed by atoms with Crippen molar-refractivity contribution in [3.05, 3.63) is 29.8 Å². The van der Waals surface area contributed by atoms with Crippen LogP contribution >= 0.6 is 12.2 Å². The predicted molar refractivity (Wildman–Crippen MR) is 79.5 cm³/mol. The van der Waals surface area contributed by atoms with Crippen molar-refractivity contribution in [3.63, 3.8) is 0 Å². The molecular formula is C13H18N2O2S2. The van der Waals surface area contributed by atoms with Crippen LogP contribution < -0.4 is 5.73 Å². The Balaban J connectivity index is 2.30. The standard InChI is InChI=1S/C13H18N2O2S2/c1-2-10-6-7-15(9-10)19(16,17)12-5-3-4-11(8-12)13(14)18/h3-5,8,10H,2,6-7,9H2,1H3,(H2,14,18). The number of sulfonamides is 1. The summed E-state index contributed by atoms with van der Waals surface area (Å²) in [7, 11) is -3.42. The number of benzene rings is 1. The van der Waals surface area contributed by atoms with Crippen LogP contribution in [-0.4, -0.2) is 30.8 Å². The minimum Gasteiger partial charge on any atom is -0.389 e. The molecule has 2 N–H and O–H groups in total. The molecule has 0 bridgehead atoms. The number of nitrogens with zero attached hydrogens (tertiary/aromatic N) is 1. The van der Waals surface area contributed by atoms with Crippen molar-refractivity contribution in [2.75, 3.05) is 13.1 Å². The molecule has 1 unspecified atom stereocenters. The van der Waals surface area contributed by atoms with E-state index in [1.165, 1.54) is 0 Å². The van der Waals surface area contributed by atoms with E-state index in [9.17, 15) is 8.42 Å². The van der Waals surface area contributed by atoms with Crippen molar-refractivity contribution >= 4 is 27.2 Å². The van der Waals surface area contributed by atoms with Crippen LogP contribution in [0.5, 0.6) is 0 Å². The average molecular weight is 298 g/mol. The molecule has 1 fully saturated rings. The van der Waals surface area contributed by atoms with Crippen molar-refractivity contribution in [2.24, 2.45) is 11.7 Å². The Labute approximate surface area is 119 Å². The highest BCUT2D eigenvalue weighted by Gasteiger charge is 2.31. The van der Waals surface area contributed by atoms with E-state index in [0.717, 1.165) is 12.8 Å². The van der Waals surface area contributed by atoms with Crippen LogP contribution in [0, 0.1) is 5.92 Å². The van der Waals surface area contributed by atoms with E-state index >= 15 is 0 Å². The summed E-state index contributed by atoms with van der Waals surface area (Å²) >= 11 is 4.89. The lowest BCUT2D eigenvalue weighted by Crippen LogP contribution is -2.29. The van der Waals surface area contributed by atoms with E-state index < -0.39 is 10.0 Å². The maximum absolute atomic E-state index is 12.5. The molecule has 1 aromatic carbocycles. The first kappa shape index (κ1) is 14.4. The Morgan fingerprint density at radius 1 is 1.53 bits per heavy atom. The summed E-state index contributed by atoms with van der Waals surface area (Å²) in [4.78, 5) is 0.486. The fourth-order valence-corrected chi connectivity index (χ4v) is 4.01. The van der Waals surface area contributed by atoms with Gasteiger partial charge in [-0.25, -0.2) is 8.42 Å². The zero-order valence-corrected chi connectivity index (χ0v) is 12.5. The molecule has 0 radical (unpaired) electrons. The summed E-state index contributed by atoms with van der Waals surface area (Å²) in [6, 6.07) is 6.54. The summed E-state index contributed by atoms with van der Waals surface area (Å²) in [5.41, 5.74) is 6.13. The summed E-state index contributed by atoms with van der Waals surface area (Å²) in [6.07, 6.45) is 1.95. The first-order valence-electron chi connectivity index (χ1n) is 6.35. The quantitative estimate of drug-likeness (QED) is 0.860. The van der Waals surface area contributed by atoms with Gasteiger partial charge in [-0.05, 0) is 24.5 Å². The third-order valence-electron chi connectivity index (χ3n) is 3.58. The molecule has 0 amide bonds. The van der Waals surface area contributed by atoms with E-state index in [4.69, 9.17) is 18.0 Å². The summed E-state index contributed by atoms with van der Waals surface area (Å²) < 4.78 is 26.6. The van der Waals surface area contributed by atoms with Gasteiger partial charge in [-0.15, -0.1) is 0 Å². The van der Waals surface area contributed by atoms with E-state index in [-0.39, 0.29) is 9.88 Å². The van der Waals surface area contributed by atoms with Crippen molar-refractivity contribution in [3.8, 4) is 0 Å². The maximum Gasteiger partial charge on any atom is 0.243 e. The van der Waals surface area contributed by atoms with Gasteiger partial charge >= 0.3 is 0 Å². The molecule has 1 aliphatic heterocycles. The van der Waals surface area contributed by atoms with Crippen LogP contribution in [-0.2, 0) is 10.0 Å². The molecule has 0 saturated carbocycles. The monoisotopic (exact) mass is 298 g/mol. The molecule has 0 aliphatic carbocycles. The minimum absolute atomic E-state index is 0.213. The third-order valence-corrected chi connectivity index (χ3v) is 5.68. The highest BCUT2D eigenvalue weighted by molar-refractivity contribution is 7.89. The van der Waals surface area contributed by atoms with Gasteiger partial charge in [0.2, 0.25) is 10.0 Å². The number of nitrogens with two attached hydrogens (primary N) is 1. The molecule has 1 atom stereocenters. The summed E-state index contributed by atoms with van der Waals surface area (Å²) in [6.45, 7) is 3.29. The largest absolute Gasteiger partial charge is 0.389 e. The molecule has 6 heteroatoms. The zero-order chi connectivity index (χ0) is 14.0. The molecule has 19 heavy (non-hydrogen) atoms. The number of hydrogen-bond acceptors (Lipinski definition) is 3. The topological polar surface area (TPSA) is 63.4 Å². The third kappa shape index (κ3) is 2.96. The number of thiocarbonyl (C=S) groups is 1. The van der Waals surface area contributed by atoms with E-state index in [2.05, 4.69) is 6.92 Å². The van der Waals surface area contributed by atoms with Crippen molar-refractivity contribution in [2.45, 2.75) is 24.7 Å². The van der Waals surface area contributed by atoms with Gasteiger partial charge in [-0.3, -0.25) is 0 Å². The van der Waals surface area contributed by atoms with E-state index in [0.29, 0.717) is 24.6 Å². The lowest BCUT2D eigenvalue weighted by atomic mass is 10.1. The average Bonchev–Trinajstić information content (AvgIpc) is 2.88. The SMILES string of the molecule is CCC1CCN(S(=O)(=O)c2cccc(C(N)=S)c2)C1. The van der Waals surface area contributed by atoms with Gasteiger partial charge in [-0.2, -0.15) is 4.31 Å². The Morgan fingerprint density at radius 2 is 2.26 bits per heavy atom. The first-order chi connectivity index (χ1) is 8.95. The summed E-state index contributed by atoms with van der Waals surface area (Å²) in [5, 5.41) is 0. The van der Waals surface area contributed by atoms with E-state index in [1.807, 2.05) is 0 Å². The second-order valence-electron chi connectivity index (χ2n) is 4.82. The fraction of sp³-hybridized carbons (Fsp3) is 0.462. The van der Waals surface area contributed by atoms with Crippen molar-refractivity contribution in [1.29, 1.82) is 0 Å². The Kier molecular flexibility index (Phi) is 4.23. The molecule has 1 aliphatic rings. The van der Waals surface area contributed by atoms with Gasteiger partial charge in [0.15, 0.2) is 0 Å². The molecule has 104 valence electrons. The van der Waals surface area contributed by atoms with Gasteiger partial charge in [0.1, 0.15) is 4.99 Å². The fourth-order valence-electron chi connectivity index (χ4n) is 2.31. The predicted octanol–water partition coefficient (Wildman–Crippen LogP) is 1.74. The number of rotatable bonds is 4. The molecule has 1 heterocycles. The van der Waals surface area contributed by atoms with Gasteiger partial charge in [-0.1, -0.05) is 37.7 Å². The molecule has 2 rings (SSSR count). The Hall–Kier alpha value is -0.980. The second kappa shape index (κ2) is 5.56. The van der Waals surface area contributed by atoms with Gasteiger partial charge < -0.3 is 5.73 Å². The van der Waals surface area contributed by atoms with Crippen LogP contribution in [0.1, 0.15) is 25.3 Å². The minimum atomic E-state index is -3.42. The van der Waals surface area contributed by atoms with Crippen molar-refractivity contribution < 1.29 is 8.42 Å². The van der Waals surface area contributed by atoms with Crippen LogP contribution in [0.4, 0.5) is 0 Å². The Morgan fingerprint density at radius 3 is 2.84 bits per heavy atom. The Bertz CT molecular complexity index is 584. The van der Waals surface area contributed by atoms with Gasteiger partial charge in [0, 0.05) is 18.7 Å². The lowest BCUT2D eigenvalue weighted by molar-refractivity contribution is 0.453. The number of hydrogen-bond donors (Lipinski definition) is 1. The zero-order valence-electron chi connectivity index (χ0n) is 10.9. The normalized spacial score (nSPS) is 20.6. The van der Waals surface area contributed by atoms with Crippen LogP contribution in [0.3, 0.4) is 0 Å². The van der Waals surface area contributed by atoms with Crippen LogP contribution in [0.15, 0.2) is 29.2 Å². The highest BCUT2D eigenvalue weighted by Crippen LogP contribution is 2.26. The maximum atomic E-state index is 12.5. The smallest absolute Gasteiger partial charge is 0.243 e. The van der Waals surface area contributed by atoms with Crippen molar-refractivity contribution in [1.82, 2.24) is 4.31 Å². The van der Waals surface area contributed by atoms with Crippen LogP contribution in [0.25, 0.3) is 0 Å². The van der Waals surface area contributed by atoms with Gasteiger partial charge in [0.25, 0.3) is 0 Å². The van der Waals surface area contributed by atoms with Gasteiger partial charge in [0.05, 0.1) is 4.90 Å². The molecular weight excluding hydrogens is 280 g/mol. The molecule has 0 aromatic heterocycles. The molecule has 0 spiro atoms. The molecule has 1 aromatic rings. The highest BCUT2D eigenvalue weighted by atomic mass is 32.2. The van der Waals surface area contributed by atoms with Crippen LogP contribution in [0.2, 0.25) is 0 Å². The first-order valence-corrected chi connectivity index (χ1v) is 8.20.